The Bertz CT molecular complexity index is 1040. The molecule has 2 aromatic carbocycles. The maximum absolute atomic E-state index is 13.5. The minimum atomic E-state index is -1.85. The minimum absolute atomic E-state index is 0.261. The molecule has 0 saturated heterocycles. The molecule has 30 heavy (non-hydrogen) atoms. The van der Waals surface area contributed by atoms with Gasteiger partial charge in [-0.15, -0.1) is 0 Å². The molecule has 1 N–H and O–H groups in total. The van der Waals surface area contributed by atoms with Gasteiger partial charge in [-0.25, -0.2) is 0 Å². The average Bonchev–Trinajstić information content (AvgIpc) is 3.05. The molecule has 0 aromatic heterocycles. The molecule has 1 unspecified atom stereocenters. The van der Waals surface area contributed by atoms with Crippen molar-refractivity contribution in [3.05, 3.63) is 59.2 Å². The van der Waals surface area contributed by atoms with E-state index in [9.17, 15) is 19.6 Å². The third-order valence-electron chi connectivity index (χ3n) is 5.10. The first-order chi connectivity index (χ1) is 14.4. The van der Waals surface area contributed by atoms with E-state index in [4.69, 9.17) is 14.2 Å². The molecule has 2 aromatic rings. The summed E-state index contributed by atoms with van der Waals surface area (Å²) < 4.78 is 15.5. The van der Waals surface area contributed by atoms with Crippen LogP contribution in [0.2, 0.25) is 0 Å². The number of ether oxygens (including phenoxy) is 3. The van der Waals surface area contributed by atoms with Crippen LogP contribution in [0.25, 0.3) is 0 Å². The van der Waals surface area contributed by atoms with E-state index in [1.54, 1.807) is 37.3 Å². The zero-order valence-electron chi connectivity index (χ0n) is 16.7. The third kappa shape index (κ3) is 3.05. The second kappa shape index (κ2) is 8.25. The number of carbonyl (C=O) groups excluding carboxylic acids is 3. The molecule has 1 heterocycles. The number of nitrogens with zero attached hydrogens (tertiary/aromatic N) is 1. The molecule has 8 nitrogen and oxygen atoms in total. The van der Waals surface area contributed by atoms with Crippen molar-refractivity contribution in [3.63, 3.8) is 0 Å². The van der Waals surface area contributed by atoms with Gasteiger partial charge in [0.05, 0.1) is 32.5 Å². The Hall–Kier alpha value is -3.86. The van der Waals surface area contributed by atoms with Crippen molar-refractivity contribution in [2.45, 2.75) is 12.3 Å². The molecule has 3 rings (SSSR count). The number of amides is 1. The highest BCUT2D eigenvalue weighted by atomic mass is 16.5. The number of para-hydroxylation sites is 1. The van der Waals surface area contributed by atoms with Crippen molar-refractivity contribution in [2.24, 2.45) is 5.92 Å². The minimum Gasteiger partial charge on any atom is -0.494 e. The molecule has 0 aliphatic carbocycles. The van der Waals surface area contributed by atoms with Crippen LogP contribution in [0.15, 0.2) is 42.5 Å². The van der Waals surface area contributed by atoms with Gasteiger partial charge in [0.1, 0.15) is 11.2 Å². The molecule has 0 bridgehead atoms. The number of hydrogen-bond donors (Lipinski definition) is 1. The van der Waals surface area contributed by atoms with Crippen LogP contribution in [-0.2, 0) is 29.3 Å². The molecule has 0 fully saturated rings. The zero-order chi connectivity index (χ0) is 21.9. The first-order valence-electron chi connectivity index (χ1n) is 9.19. The number of rotatable bonds is 6. The lowest BCUT2D eigenvalue weighted by molar-refractivity contribution is -0.163. The van der Waals surface area contributed by atoms with Crippen LogP contribution in [0.1, 0.15) is 23.6 Å². The van der Waals surface area contributed by atoms with Gasteiger partial charge < -0.3 is 19.5 Å². The Kier molecular flexibility index (Phi) is 5.74. The van der Waals surface area contributed by atoms with E-state index in [0.29, 0.717) is 29.2 Å². The number of fused-ring (bicyclic) bond motifs is 1. The average molecular weight is 408 g/mol. The van der Waals surface area contributed by atoms with E-state index < -0.39 is 29.2 Å². The Balaban J connectivity index is 2.47. The Morgan fingerprint density at radius 2 is 1.77 bits per heavy atom. The number of benzene rings is 2. The molecule has 0 saturated carbocycles. The van der Waals surface area contributed by atoms with Gasteiger partial charge >= 0.3 is 11.9 Å². The van der Waals surface area contributed by atoms with Gasteiger partial charge in [0, 0.05) is 11.3 Å². The van der Waals surface area contributed by atoms with Crippen LogP contribution in [-0.4, -0.2) is 38.7 Å². The van der Waals surface area contributed by atoms with E-state index in [1.165, 1.54) is 12.1 Å². The zero-order valence-corrected chi connectivity index (χ0v) is 16.7. The molecule has 1 amide bonds. The summed E-state index contributed by atoms with van der Waals surface area (Å²) in [6.45, 7) is 2.07. The summed E-state index contributed by atoms with van der Waals surface area (Å²) in [5.74, 6) is -3.86. The van der Waals surface area contributed by atoms with Crippen LogP contribution in [0.3, 0.4) is 0 Å². The molecule has 8 heteroatoms. The number of esters is 2. The molecule has 1 aliphatic rings. The lowest BCUT2D eigenvalue weighted by atomic mass is 9.65. The highest BCUT2D eigenvalue weighted by molar-refractivity contribution is 6.16. The number of carbonyl (C=O) groups is 3. The van der Waals surface area contributed by atoms with E-state index >= 15 is 0 Å². The number of nitrogens with one attached hydrogen (secondary N) is 1. The fourth-order valence-corrected chi connectivity index (χ4v) is 3.86. The van der Waals surface area contributed by atoms with Gasteiger partial charge in [-0.2, -0.15) is 5.26 Å². The van der Waals surface area contributed by atoms with E-state index in [0.717, 1.165) is 14.2 Å². The van der Waals surface area contributed by atoms with Gasteiger partial charge in [0.25, 0.3) is 0 Å². The summed E-state index contributed by atoms with van der Waals surface area (Å²) in [5, 5.41) is 12.1. The SMILES string of the molecule is CCOc1ccccc1C1(C(C(=O)OC)C(=O)OC)C(=O)Nc2ccc(C#N)cc21. The van der Waals surface area contributed by atoms with Crippen molar-refractivity contribution < 1.29 is 28.6 Å². The molecule has 1 aliphatic heterocycles. The number of methoxy groups -OCH3 is 2. The van der Waals surface area contributed by atoms with Crippen molar-refractivity contribution in [1.29, 1.82) is 5.26 Å². The third-order valence-corrected chi connectivity index (χ3v) is 5.10. The Morgan fingerprint density at radius 3 is 2.37 bits per heavy atom. The second-order valence-corrected chi connectivity index (χ2v) is 6.54. The van der Waals surface area contributed by atoms with Gasteiger partial charge in [0.2, 0.25) is 5.91 Å². The van der Waals surface area contributed by atoms with E-state index in [-0.39, 0.29) is 5.56 Å². The largest absolute Gasteiger partial charge is 0.494 e. The number of hydrogen-bond acceptors (Lipinski definition) is 7. The molecule has 0 radical (unpaired) electrons. The summed E-state index contributed by atoms with van der Waals surface area (Å²) in [4.78, 5) is 39.2. The molecule has 0 spiro atoms. The van der Waals surface area contributed by atoms with Gasteiger partial charge in [-0.1, -0.05) is 18.2 Å². The normalized spacial score (nSPS) is 17.0. The highest BCUT2D eigenvalue weighted by Crippen LogP contribution is 2.51. The fourth-order valence-electron chi connectivity index (χ4n) is 3.86. The number of anilines is 1. The first-order valence-corrected chi connectivity index (χ1v) is 9.19. The van der Waals surface area contributed by atoms with Crippen LogP contribution >= 0.6 is 0 Å². The Labute approximate surface area is 173 Å². The quantitative estimate of drug-likeness (QED) is 0.575. The highest BCUT2D eigenvalue weighted by Gasteiger charge is 2.61. The first kappa shape index (κ1) is 20.9. The smallest absolute Gasteiger partial charge is 0.321 e. The molecular weight excluding hydrogens is 388 g/mol. The van der Waals surface area contributed by atoms with Crippen molar-refractivity contribution in [1.82, 2.24) is 0 Å². The maximum atomic E-state index is 13.5. The van der Waals surface area contributed by atoms with E-state index in [1.807, 2.05) is 6.07 Å². The monoisotopic (exact) mass is 408 g/mol. The topological polar surface area (TPSA) is 115 Å². The number of nitriles is 1. The van der Waals surface area contributed by atoms with Gasteiger partial charge in [0.15, 0.2) is 5.92 Å². The van der Waals surface area contributed by atoms with Gasteiger partial charge in [-0.3, -0.25) is 14.4 Å². The van der Waals surface area contributed by atoms with Crippen LogP contribution in [0.4, 0.5) is 5.69 Å². The fraction of sp³-hybridized carbons (Fsp3) is 0.273. The summed E-state index contributed by atoms with van der Waals surface area (Å²) in [5.41, 5.74) is -0.632. The van der Waals surface area contributed by atoms with Crippen LogP contribution in [0.5, 0.6) is 5.75 Å². The van der Waals surface area contributed by atoms with E-state index in [2.05, 4.69) is 5.32 Å². The summed E-state index contributed by atoms with van der Waals surface area (Å²) in [6.07, 6.45) is 0. The maximum Gasteiger partial charge on any atom is 0.321 e. The Morgan fingerprint density at radius 1 is 1.10 bits per heavy atom. The summed E-state index contributed by atoms with van der Waals surface area (Å²) >= 11 is 0. The molecule has 1 atom stereocenters. The standard InChI is InChI=1S/C22H20N2O6/c1-4-30-17-8-6-5-7-14(17)22(18(19(25)28-2)20(26)29-3)15-11-13(12-23)9-10-16(15)24-21(22)27/h5-11,18H,4H2,1-3H3,(H,24,27). The summed E-state index contributed by atoms with van der Waals surface area (Å²) in [6, 6.07) is 13.2. The van der Waals surface area contributed by atoms with Crippen molar-refractivity contribution in [3.8, 4) is 11.8 Å². The van der Waals surface area contributed by atoms with Crippen LogP contribution in [0, 0.1) is 17.2 Å². The molecular formula is C22H20N2O6. The summed E-state index contributed by atoms with van der Waals surface area (Å²) in [7, 11) is 2.25. The predicted molar refractivity (Wildman–Crippen MR) is 106 cm³/mol. The van der Waals surface area contributed by atoms with Gasteiger partial charge in [-0.05, 0) is 36.8 Å². The van der Waals surface area contributed by atoms with Crippen molar-refractivity contribution >= 4 is 23.5 Å². The molecule has 154 valence electrons. The predicted octanol–water partition coefficient (Wildman–Crippen LogP) is 2.16. The lowest BCUT2D eigenvalue weighted by Gasteiger charge is -2.34. The second-order valence-electron chi connectivity index (χ2n) is 6.54. The van der Waals surface area contributed by atoms with Crippen LogP contribution < -0.4 is 10.1 Å². The van der Waals surface area contributed by atoms with Crippen molar-refractivity contribution in [2.75, 3.05) is 26.1 Å². The lowest BCUT2D eigenvalue weighted by Crippen LogP contribution is -2.51.